The second-order valence-electron chi connectivity index (χ2n) is 9.43. The summed E-state index contributed by atoms with van der Waals surface area (Å²) in [6.45, 7) is 1.02. The van der Waals surface area contributed by atoms with Crippen molar-refractivity contribution >= 4 is 29.6 Å². The quantitative estimate of drug-likeness (QED) is 0.487. The summed E-state index contributed by atoms with van der Waals surface area (Å²) in [5, 5.41) is 5.20. The summed E-state index contributed by atoms with van der Waals surface area (Å²) < 4.78 is 73.2. The molecule has 9 nitrogen and oxygen atoms in total. The zero-order valence-electron chi connectivity index (χ0n) is 21.4. The minimum Gasteiger partial charge on any atom is -0.427 e. The van der Waals surface area contributed by atoms with Crippen LogP contribution in [-0.2, 0) is 32.9 Å². The monoisotopic (exact) mass is 568 g/mol. The number of aryl methyl sites for hydroxylation is 1. The number of imide groups is 1. The summed E-state index contributed by atoms with van der Waals surface area (Å²) in [5.41, 5.74) is -0.521. The van der Waals surface area contributed by atoms with Gasteiger partial charge in [0.2, 0.25) is 11.5 Å². The van der Waals surface area contributed by atoms with Crippen LogP contribution in [0.25, 0.3) is 0 Å². The lowest BCUT2D eigenvalue weighted by atomic mass is 9.94. The fourth-order valence-corrected chi connectivity index (χ4v) is 4.75. The number of amides is 5. The van der Waals surface area contributed by atoms with Crippen LogP contribution in [0.15, 0.2) is 36.4 Å². The number of fused-ring (bicyclic) bond motifs is 2. The van der Waals surface area contributed by atoms with E-state index in [-0.39, 0.29) is 18.4 Å². The molecule has 2 N–H and O–H groups in total. The molecule has 1 saturated heterocycles. The number of alkyl halides is 3. The average molecular weight is 568 g/mol. The van der Waals surface area contributed by atoms with Gasteiger partial charge in [0.05, 0.1) is 0 Å². The number of hydrogen-bond acceptors (Lipinski definition) is 5. The van der Waals surface area contributed by atoms with Gasteiger partial charge in [-0.15, -0.1) is 0 Å². The Hall–Kier alpha value is -4.23. The first-order valence-electron chi connectivity index (χ1n) is 12.3. The molecule has 5 amide bonds. The van der Waals surface area contributed by atoms with E-state index in [9.17, 15) is 41.1 Å². The molecule has 2 atom stereocenters. The largest absolute Gasteiger partial charge is 0.427 e. The molecule has 1 spiro atoms. The van der Waals surface area contributed by atoms with Gasteiger partial charge in [-0.25, -0.2) is 23.3 Å². The highest BCUT2D eigenvalue weighted by atomic mass is 19.4. The molecule has 1 aliphatic heterocycles. The Kier molecular flexibility index (Phi) is 7.72. The molecule has 4 rings (SSSR count). The van der Waals surface area contributed by atoms with Gasteiger partial charge in [-0.05, 0) is 55.7 Å². The number of nitrogens with one attached hydrogen (secondary N) is 2. The van der Waals surface area contributed by atoms with Crippen molar-refractivity contribution in [1.82, 2.24) is 15.1 Å². The normalized spacial score (nSPS) is 18.9. The first-order chi connectivity index (χ1) is 18.8. The minimum absolute atomic E-state index is 0.0275. The Balaban J connectivity index is 1.56. The lowest BCUT2D eigenvalue weighted by molar-refractivity contribution is -0.187. The van der Waals surface area contributed by atoms with Crippen molar-refractivity contribution in [3.8, 4) is 0 Å². The van der Waals surface area contributed by atoms with E-state index in [1.807, 2.05) is 0 Å². The molecule has 0 saturated carbocycles. The van der Waals surface area contributed by atoms with E-state index in [1.165, 1.54) is 12.1 Å². The molecular weight excluding hydrogens is 543 g/mol. The topological polar surface area (TPSA) is 108 Å². The number of urea groups is 1. The molecule has 2 aromatic rings. The van der Waals surface area contributed by atoms with Crippen LogP contribution in [0.2, 0.25) is 0 Å². The summed E-state index contributed by atoms with van der Waals surface area (Å²) in [4.78, 5) is 51.9. The van der Waals surface area contributed by atoms with Gasteiger partial charge in [-0.3, -0.25) is 9.59 Å². The third-order valence-corrected chi connectivity index (χ3v) is 6.85. The maximum atomic E-state index is 13.7. The molecule has 1 aliphatic carbocycles. The number of halogens is 5. The van der Waals surface area contributed by atoms with Crippen LogP contribution in [0, 0.1) is 11.6 Å². The maximum absolute atomic E-state index is 13.7. The van der Waals surface area contributed by atoms with E-state index in [1.54, 1.807) is 13.0 Å². The SMILES string of the molecule is CCNC(=O)Nc1ccc2c(c1)CCC21OC(=O)N(CC(=O)N(Cc2ccc(F)c(F)c2)[C@@H](C)C(F)(F)F)C1=O. The van der Waals surface area contributed by atoms with Crippen molar-refractivity contribution in [1.29, 1.82) is 0 Å². The summed E-state index contributed by atoms with van der Waals surface area (Å²) in [5.74, 6) is -4.70. The Bertz CT molecular complexity index is 1370. The van der Waals surface area contributed by atoms with Crippen molar-refractivity contribution in [2.75, 3.05) is 18.4 Å². The van der Waals surface area contributed by atoms with Gasteiger partial charge in [-0.2, -0.15) is 13.2 Å². The summed E-state index contributed by atoms with van der Waals surface area (Å²) in [6, 6.07) is 4.20. The third-order valence-electron chi connectivity index (χ3n) is 6.85. The minimum atomic E-state index is -4.89. The van der Waals surface area contributed by atoms with Crippen LogP contribution >= 0.6 is 0 Å². The number of hydrogen-bond donors (Lipinski definition) is 2. The molecule has 0 bridgehead atoms. The van der Waals surface area contributed by atoms with Crippen LogP contribution in [0.3, 0.4) is 0 Å². The standard InChI is InChI=1S/C26H25F5N4O5/c1-3-32-23(38)33-17-5-6-18-16(11-17)8-9-25(18)22(37)35(24(39)40-25)13-21(36)34(14(2)26(29,30)31)12-15-4-7-19(27)20(28)10-15/h4-7,10-11,14H,3,8-9,12-13H2,1-2H3,(H2,32,33,38)/t14-,25?/m0/s1. The van der Waals surface area contributed by atoms with Gasteiger partial charge in [0.25, 0.3) is 5.91 Å². The first-order valence-corrected chi connectivity index (χ1v) is 12.3. The van der Waals surface area contributed by atoms with Crippen molar-refractivity contribution in [2.45, 2.75) is 51.1 Å². The van der Waals surface area contributed by atoms with Gasteiger partial charge >= 0.3 is 18.3 Å². The highest BCUT2D eigenvalue weighted by Crippen LogP contribution is 2.46. The lowest BCUT2D eigenvalue weighted by Crippen LogP contribution is -2.51. The van der Waals surface area contributed by atoms with E-state index >= 15 is 0 Å². The number of anilines is 1. The third kappa shape index (κ3) is 5.42. The van der Waals surface area contributed by atoms with Crippen LogP contribution in [0.5, 0.6) is 0 Å². The highest BCUT2D eigenvalue weighted by molar-refractivity contribution is 6.06. The predicted molar refractivity (Wildman–Crippen MR) is 130 cm³/mol. The highest BCUT2D eigenvalue weighted by Gasteiger charge is 2.58. The van der Waals surface area contributed by atoms with Crippen molar-refractivity contribution in [3.05, 3.63) is 64.7 Å². The summed E-state index contributed by atoms with van der Waals surface area (Å²) in [7, 11) is 0. The van der Waals surface area contributed by atoms with Crippen LogP contribution in [0.1, 0.15) is 37.0 Å². The zero-order valence-corrected chi connectivity index (χ0v) is 21.4. The number of rotatable bonds is 7. The molecule has 0 aromatic heterocycles. The van der Waals surface area contributed by atoms with Gasteiger partial charge in [-0.1, -0.05) is 12.1 Å². The fourth-order valence-electron chi connectivity index (χ4n) is 4.75. The van der Waals surface area contributed by atoms with Crippen molar-refractivity contribution in [3.63, 3.8) is 0 Å². The number of carbonyl (C=O) groups is 4. The molecule has 214 valence electrons. The molecule has 0 radical (unpaired) electrons. The first kappa shape index (κ1) is 28.8. The van der Waals surface area contributed by atoms with Crippen molar-refractivity contribution < 1.29 is 45.9 Å². The molecule has 1 fully saturated rings. The van der Waals surface area contributed by atoms with Crippen LogP contribution in [0.4, 0.5) is 37.2 Å². The van der Waals surface area contributed by atoms with Gasteiger partial charge in [0, 0.05) is 30.8 Å². The Morgan fingerprint density at radius 3 is 2.50 bits per heavy atom. The van der Waals surface area contributed by atoms with E-state index in [2.05, 4.69) is 10.6 Å². The van der Waals surface area contributed by atoms with Gasteiger partial charge < -0.3 is 20.3 Å². The maximum Gasteiger partial charge on any atom is 0.418 e. The van der Waals surface area contributed by atoms with Crippen molar-refractivity contribution in [2.24, 2.45) is 0 Å². The zero-order chi connectivity index (χ0) is 29.4. The van der Waals surface area contributed by atoms with E-state index in [0.29, 0.717) is 52.2 Å². The fraction of sp³-hybridized carbons (Fsp3) is 0.385. The molecule has 2 aliphatic rings. The van der Waals surface area contributed by atoms with Gasteiger partial charge in [0.1, 0.15) is 12.6 Å². The second-order valence-corrected chi connectivity index (χ2v) is 9.43. The Labute approximate surface area is 225 Å². The van der Waals surface area contributed by atoms with E-state index in [0.717, 1.165) is 6.07 Å². The number of nitrogens with zero attached hydrogens (tertiary/aromatic N) is 2. The molecular formula is C26H25F5N4O5. The average Bonchev–Trinajstić information content (AvgIpc) is 3.35. The molecule has 14 heteroatoms. The number of carbonyl (C=O) groups excluding carboxylic acids is 4. The van der Waals surface area contributed by atoms with E-state index < -0.39 is 66.5 Å². The summed E-state index contributed by atoms with van der Waals surface area (Å²) in [6.07, 6.45) is -5.79. The second kappa shape index (κ2) is 10.7. The Morgan fingerprint density at radius 2 is 1.85 bits per heavy atom. The Morgan fingerprint density at radius 1 is 1.12 bits per heavy atom. The van der Waals surface area contributed by atoms with Crippen LogP contribution < -0.4 is 10.6 Å². The molecule has 1 heterocycles. The lowest BCUT2D eigenvalue weighted by Gasteiger charge is -2.31. The smallest absolute Gasteiger partial charge is 0.418 e. The molecule has 2 aromatic carbocycles. The summed E-state index contributed by atoms with van der Waals surface area (Å²) >= 11 is 0. The van der Waals surface area contributed by atoms with Crippen LogP contribution in [-0.4, -0.2) is 59.0 Å². The number of benzene rings is 2. The molecule has 40 heavy (non-hydrogen) atoms. The van der Waals surface area contributed by atoms with Gasteiger partial charge in [0.15, 0.2) is 11.6 Å². The number of ether oxygens (including phenoxy) is 1. The van der Waals surface area contributed by atoms with E-state index in [4.69, 9.17) is 4.74 Å². The predicted octanol–water partition coefficient (Wildman–Crippen LogP) is 4.21. The molecule has 1 unspecified atom stereocenters.